The van der Waals surface area contributed by atoms with Crippen LogP contribution in [0.25, 0.3) is 17.3 Å². The maximum Gasteiger partial charge on any atom is 0.248 e. The third-order valence-electron chi connectivity index (χ3n) is 4.49. The van der Waals surface area contributed by atoms with Crippen LogP contribution in [0, 0.1) is 5.82 Å². The number of thiazole rings is 1. The Labute approximate surface area is 182 Å². The summed E-state index contributed by atoms with van der Waals surface area (Å²) >= 11 is 1.52. The summed E-state index contributed by atoms with van der Waals surface area (Å²) in [5.74, 6) is 0.118. The van der Waals surface area contributed by atoms with Gasteiger partial charge in [-0.3, -0.25) is 9.48 Å². The van der Waals surface area contributed by atoms with Gasteiger partial charge in [-0.25, -0.2) is 9.37 Å². The molecule has 2 aromatic carbocycles. The Bertz CT molecular complexity index is 1180. The van der Waals surface area contributed by atoms with Crippen molar-refractivity contribution in [3.63, 3.8) is 0 Å². The van der Waals surface area contributed by atoms with Gasteiger partial charge in [0.2, 0.25) is 5.91 Å². The van der Waals surface area contributed by atoms with Crippen molar-refractivity contribution in [2.24, 2.45) is 7.05 Å². The van der Waals surface area contributed by atoms with Crippen molar-refractivity contribution < 1.29 is 13.9 Å². The molecule has 0 aliphatic rings. The highest BCUT2D eigenvalue weighted by Gasteiger charge is 2.09. The predicted molar refractivity (Wildman–Crippen MR) is 119 cm³/mol. The second-order valence-electron chi connectivity index (χ2n) is 6.69. The zero-order valence-electron chi connectivity index (χ0n) is 16.7. The Hall–Kier alpha value is -3.78. The third-order valence-corrected chi connectivity index (χ3v) is 5.13. The van der Waals surface area contributed by atoms with E-state index in [1.807, 2.05) is 5.38 Å². The number of rotatable bonds is 7. The number of halogens is 1. The van der Waals surface area contributed by atoms with E-state index in [0.717, 1.165) is 22.5 Å². The number of aromatic nitrogens is 3. The van der Waals surface area contributed by atoms with Gasteiger partial charge >= 0.3 is 0 Å². The summed E-state index contributed by atoms with van der Waals surface area (Å²) in [5, 5.41) is 8.99. The van der Waals surface area contributed by atoms with Crippen LogP contribution in [0.3, 0.4) is 0 Å². The number of carbonyl (C=O) groups is 1. The lowest BCUT2D eigenvalue weighted by molar-refractivity contribution is -0.111. The van der Waals surface area contributed by atoms with Crippen molar-refractivity contribution in [2.75, 3.05) is 5.32 Å². The minimum atomic E-state index is -0.304. The van der Waals surface area contributed by atoms with Gasteiger partial charge in [-0.15, -0.1) is 11.3 Å². The zero-order chi connectivity index (χ0) is 21.6. The van der Waals surface area contributed by atoms with Gasteiger partial charge in [0.1, 0.15) is 18.2 Å². The molecular formula is C23H19FN4O2S. The fourth-order valence-corrected chi connectivity index (χ4v) is 3.53. The molecule has 1 N–H and O–H groups in total. The topological polar surface area (TPSA) is 69.0 Å². The van der Waals surface area contributed by atoms with Gasteiger partial charge in [-0.1, -0.05) is 0 Å². The molecule has 0 bridgehead atoms. The Morgan fingerprint density at radius 3 is 2.68 bits per heavy atom. The first-order valence-electron chi connectivity index (χ1n) is 9.45. The van der Waals surface area contributed by atoms with Crippen LogP contribution in [0.2, 0.25) is 0 Å². The van der Waals surface area contributed by atoms with Gasteiger partial charge in [-0.2, -0.15) is 5.10 Å². The SMILES string of the molecule is Cn1ncc(/C=C/C(=O)Nc2ccc(OCc3cscn3)cc2)c1-c1ccc(F)cc1. The molecule has 6 nitrogen and oxygen atoms in total. The highest BCUT2D eigenvalue weighted by atomic mass is 32.1. The number of ether oxygens (including phenoxy) is 1. The molecular weight excluding hydrogens is 415 g/mol. The van der Waals surface area contributed by atoms with Crippen LogP contribution in [0.5, 0.6) is 5.75 Å². The number of aryl methyl sites for hydroxylation is 1. The van der Waals surface area contributed by atoms with Crippen LogP contribution in [-0.2, 0) is 18.4 Å². The van der Waals surface area contributed by atoms with Crippen molar-refractivity contribution in [3.05, 3.63) is 88.8 Å². The van der Waals surface area contributed by atoms with Crippen molar-refractivity contribution >= 4 is 29.0 Å². The molecule has 2 aromatic heterocycles. The molecule has 0 saturated heterocycles. The van der Waals surface area contributed by atoms with Gasteiger partial charge in [0.25, 0.3) is 0 Å². The fraction of sp³-hybridized carbons (Fsp3) is 0.0870. The van der Waals surface area contributed by atoms with Crippen molar-refractivity contribution in [1.82, 2.24) is 14.8 Å². The van der Waals surface area contributed by atoms with Crippen LogP contribution in [0.4, 0.5) is 10.1 Å². The van der Waals surface area contributed by atoms with E-state index in [9.17, 15) is 9.18 Å². The van der Waals surface area contributed by atoms with E-state index in [1.165, 1.54) is 29.5 Å². The molecule has 4 rings (SSSR count). The molecule has 156 valence electrons. The van der Waals surface area contributed by atoms with Crippen LogP contribution >= 0.6 is 11.3 Å². The highest BCUT2D eigenvalue weighted by molar-refractivity contribution is 7.07. The number of carbonyl (C=O) groups excluding carboxylic acids is 1. The second-order valence-corrected chi connectivity index (χ2v) is 7.41. The monoisotopic (exact) mass is 434 g/mol. The third kappa shape index (κ3) is 5.23. The number of benzene rings is 2. The zero-order valence-corrected chi connectivity index (χ0v) is 17.5. The summed E-state index contributed by atoms with van der Waals surface area (Å²) in [6, 6.07) is 13.3. The number of amides is 1. The summed E-state index contributed by atoms with van der Waals surface area (Å²) < 4.78 is 20.6. The lowest BCUT2D eigenvalue weighted by Crippen LogP contribution is -2.07. The maximum absolute atomic E-state index is 13.2. The molecule has 1 amide bonds. The summed E-state index contributed by atoms with van der Waals surface area (Å²) in [6.45, 7) is 0.402. The quantitative estimate of drug-likeness (QED) is 0.420. The molecule has 0 unspecified atom stereocenters. The van der Waals surface area contributed by atoms with Crippen LogP contribution < -0.4 is 10.1 Å². The Morgan fingerprint density at radius 1 is 1.19 bits per heavy atom. The first-order chi connectivity index (χ1) is 15.1. The normalized spacial score (nSPS) is 11.0. The molecule has 2 heterocycles. The molecule has 31 heavy (non-hydrogen) atoms. The first-order valence-corrected chi connectivity index (χ1v) is 10.4. The number of anilines is 1. The first kappa shape index (κ1) is 20.5. The molecule has 0 aliphatic carbocycles. The second kappa shape index (κ2) is 9.36. The minimum absolute atomic E-state index is 0.273. The van der Waals surface area contributed by atoms with E-state index in [2.05, 4.69) is 15.4 Å². The molecule has 0 fully saturated rings. The summed E-state index contributed by atoms with van der Waals surface area (Å²) in [7, 11) is 1.80. The Balaban J connectivity index is 1.38. The van der Waals surface area contributed by atoms with Crippen LogP contribution in [0.15, 0.2) is 71.7 Å². The lowest BCUT2D eigenvalue weighted by Gasteiger charge is -2.06. The van der Waals surface area contributed by atoms with Gasteiger partial charge in [0.05, 0.1) is 23.1 Å². The number of nitrogens with zero attached hydrogens (tertiary/aromatic N) is 3. The molecule has 0 saturated carbocycles. The van der Waals surface area contributed by atoms with Crippen LogP contribution in [-0.4, -0.2) is 20.7 Å². The highest BCUT2D eigenvalue weighted by Crippen LogP contribution is 2.24. The van der Waals surface area contributed by atoms with Crippen molar-refractivity contribution in [3.8, 4) is 17.0 Å². The van der Waals surface area contributed by atoms with E-state index in [-0.39, 0.29) is 11.7 Å². The molecule has 0 atom stereocenters. The summed E-state index contributed by atoms with van der Waals surface area (Å²) in [5.41, 5.74) is 5.66. The standard InChI is InChI=1S/C23H19FN4O2S/c1-28-23(16-2-5-18(24)6-3-16)17(12-26-28)4-11-22(29)27-19-7-9-21(10-8-19)30-13-20-14-31-15-25-20/h2-12,14-15H,13H2,1H3,(H,27,29)/b11-4+. The average molecular weight is 434 g/mol. The summed E-state index contributed by atoms with van der Waals surface area (Å²) in [4.78, 5) is 16.5. The van der Waals surface area contributed by atoms with E-state index in [0.29, 0.717) is 18.0 Å². The Morgan fingerprint density at radius 2 is 1.97 bits per heavy atom. The fourth-order valence-electron chi connectivity index (χ4n) is 2.99. The van der Waals surface area contributed by atoms with Crippen molar-refractivity contribution in [1.29, 1.82) is 0 Å². The smallest absolute Gasteiger partial charge is 0.248 e. The van der Waals surface area contributed by atoms with Gasteiger partial charge in [0.15, 0.2) is 0 Å². The molecule has 0 radical (unpaired) electrons. The Kier molecular flexibility index (Phi) is 6.18. The average Bonchev–Trinajstić information content (AvgIpc) is 3.42. The molecule has 0 spiro atoms. The van der Waals surface area contributed by atoms with E-state index in [1.54, 1.807) is 65.9 Å². The lowest BCUT2D eigenvalue weighted by atomic mass is 10.1. The van der Waals surface area contributed by atoms with E-state index < -0.39 is 0 Å². The number of hydrogen-bond acceptors (Lipinski definition) is 5. The minimum Gasteiger partial charge on any atom is -0.487 e. The predicted octanol–water partition coefficient (Wildman–Crippen LogP) is 4.91. The van der Waals surface area contributed by atoms with E-state index >= 15 is 0 Å². The molecule has 4 aromatic rings. The molecule has 0 aliphatic heterocycles. The summed E-state index contributed by atoms with van der Waals surface area (Å²) in [6.07, 6.45) is 4.79. The van der Waals surface area contributed by atoms with Crippen LogP contribution in [0.1, 0.15) is 11.3 Å². The van der Waals surface area contributed by atoms with Gasteiger partial charge in [0, 0.05) is 35.3 Å². The molecule has 8 heteroatoms. The largest absolute Gasteiger partial charge is 0.487 e. The van der Waals surface area contributed by atoms with Gasteiger partial charge < -0.3 is 10.1 Å². The van der Waals surface area contributed by atoms with Crippen molar-refractivity contribution in [2.45, 2.75) is 6.61 Å². The maximum atomic E-state index is 13.2. The van der Waals surface area contributed by atoms with Gasteiger partial charge in [-0.05, 0) is 54.6 Å². The number of nitrogens with one attached hydrogen (secondary N) is 1. The van der Waals surface area contributed by atoms with E-state index in [4.69, 9.17) is 4.74 Å². The number of hydrogen-bond donors (Lipinski definition) is 1.